The van der Waals surface area contributed by atoms with Gasteiger partial charge in [0, 0.05) is 11.8 Å². The van der Waals surface area contributed by atoms with E-state index >= 15 is 0 Å². The predicted molar refractivity (Wildman–Crippen MR) is 72.7 cm³/mol. The molecule has 0 saturated carbocycles. The van der Waals surface area contributed by atoms with Crippen LogP contribution in [0.3, 0.4) is 0 Å². The van der Waals surface area contributed by atoms with Crippen LogP contribution in [0, 0.1) is 12.8 Å². The first kappa shape index (κ1) is 13.5. The number of nitrogens with zero attached hydrogens (tertiary/aromatic N) is 3. The maximum absolute atomic E-state index is 6.10. The predicted octanol–water partition coefficient (Wildman–Crippen LogP) is 1.84. The molecule has 0 amide bonds. The first-order chi connectivity index (χ1) is 9.01. The minimum absolute atomic E-state index is 0.228. The van der Waals surface area contributed by atoms with Crippen LogP contribution in [-0.4, -0.2) is 27.3 Å². The van der Waals surface area contributed by atoms with Gasteiger partial charge >= 0.3 is 0 Å². The molecule has 6 heteroatoms. The SMILES string of the molecule is COc1cc(-c2cc(C)[nH]n2)nc(C(N)C(C)C)n1. The molecule has 0 radical (unpaired) electrons. The van der Waals surface area contributed by atoms with Crippen molar-refractivity contribution in [2.45, 2.75) is 26.8 Å². The van der Waals surface area contributed by atoms with Crippen LogP contribution in [0.4, 0.5) is 0 Å². The van der Waals surface area contributed by atoms with Crippen LogP contribution in [-0.2, 0) is 0 Å². The number of hydrogen-bond acceptors (Lipinski definition) is 5. The largest absolute Gasteiger partial charge is 0.481 e. The van der Waals surface area contributed by atoms with Crippen LogP contribution in [0.2, 0.25) is 0 Å². The molecule has 0 bridgehead atoms. The van der Waals surface area contributed by atoms with Gasteiger partial charge in [-0.3, -0.25) is 5.10 Å². The number of H-pyrrole nitrogens is 1. The molecular formula is C13H19N5O. The number of rotatable bonds is 4. The lowest BCUT2D eigenvalue weighted by atomic mass is 10.0. The van der Waals surface area contributed by atoms with Crippen molar-refractivity contribution in [1.29, 1.82) is 0 Å². The summed E-state index contributed by atoms with van der Waals surface area (Å²) in [5, 5.41) is 7.09. The number of methoxy groups -OCH3 is 1. The van der Waals surface area contributed by atoms with E-state index in [0.717, 1.165) is 11.4 Å². The van der Waals surface area contributed by atoms with Crippen molar-refractivity contribution < 1.29 is 4.74 Å². The summed E-state index contributed by atoms with van der Waals surface area (Å²) in [5.41, 5.74) is 8.55. The van der Waals surface area contributed by atoms with Crippen LogP contribution in [0.15, 0.2) is 12.1 Å². The lowest BCUT2D eigenvalue weighted by Gasteiger charge is -2.15. The minimum atomic E-state index is -0.228. The second kappa shape index (κ2) is 5.36. The molecule has 2 aromatic heterocycles. The lowest BCUT2D eigenvalue weighted by Crippen LogP contribution is -2.20. The van der Waals surface area contributed by atoms with Gasteiger partial charge in [0.25, 0.3) is 0 Å². The van der Waals surface area contributed by atoms with Crippen molar-refractivity contribution in [1.82, 2.24) is 20.2 Å². The molecule has 0 spiro atoms. The molecule has 0 aliphatic heterocycles. The van der Waals surface area contributed by atoms with Crippen LogP contribution in [0.1, 0.15) is 31.4 Å². The van der Waals surface area contributed by atoms with Crippen molar-refractivity contribution in [3.05, 3.63) is 23.7 Å². The third-order valence-electron chi connectivity index (χ3n) is 2.91. The molecule has 0 aliphatic carbocycles. The van der Waals surface area contributed by atoms with E-state index in [2.05, 4.69) is 20.2 Å². The fourth-order valence-corrected chi connectivity index (χ4v) is 1.68. The molecule has 2 heterocycles. The lowest BCUT2D eigenvalue weighted by molar-refractivity contribution is 0.389. The molecule has 0 saturated heterocycles. The van der Waals surface area contributed by atoms with Crippen LogP contribution in [0.5, 0.6) is 5.88 Å². The average Bonchev–Trinajstić information content (AvgIpc) is 2.83. The normalized spacial score (nSPS) is 12.7. The Bertz CT molecular complexity index is 564. The number of ether oxygens (including phenoxy) is 1. The zero-order chi connectivity index (χ0) is 14.0. The highest BCUT2D eigenvalue weighted by molar-refractivity contribution is 5.55. The smallest absolute Gasteiger partial charge is 0.217 e. The molecule has 2 rings (SSSR count). The van der Waals surface area contributed by atoms with E-state index in [-0.39, 0.29) is 12.0 Å². The Hall–Kier alpha value is -1.95. The molecule has 1 unspecified atom stereocenters. The number of nitrogens with two attached hydrogens (primary N) is 1. The minimum Gasteiger partial charge on any atom is -0.481 e. The first-order valence-electron chi connectivity index (χ1n) is 6.22. The first-order valence-corrected chi connectivity index (χ1v) is 6.22. The van der Waals surface area contributed by atoms with Crippen LogP contribution in [0.25, 0.3) is 11.4 Å². The monoisotopic (exact) mass is 261 g/mol. The van der Waals surface area contributed by atoms with Gasteiger partial charge in [0.2, 0.25) is 5.88 Å². The molecule has 0 aromatic carbocycles. The number of aromatic amines is 1. The van der Waals surface area contributed by atoms with Gasteiger partial charge in [-0.25, -0.2) is 4.98 Å². The standard InChI is InChI=1S/C13H19N5O/c1-7(2)12(14)13-15-9(6-11(16-13)19-4)10-5-8(3)17-18-10/h5-7,12H,14H2,1-4H3,(H,17,18). The number of hydrogen-bond donors (Lipinski definition) is 2. The summed E-state index contributed by atoms with van der Waals surface area (Å²) >= 11 is 0. The quantitative estimate of drug-likeness (QED) is 0.876. The number of aryl methyl sites for hydroxylation is 1. The third kappa shape index (κ3) is 2.90. The molecule has 6 nitrogen and oxygen atoms in total. The van der Waals surface area contributed by atoms with E-state index in [4.69, 9.17) is 10.5 Å². The van der Waals surface area contributed by atoms with Gasteiger partial charge in [0.05, 0.1) is 18.8 Å². The van der Waals surface area contributed by atoms with Crippen molar-refractivity contribution >= 4 is 0 Å². The van der Waals surface area contributed by atoms with Crippen LogP contribution >= 0.6 is 0 Å². The van der Waals surface area contributed by atoms with Crippen molar-refractivity contribution in [2.75, 3.05) is 7.11 Å². The molecular weight excluding hydrogens is 242 g/mol. The van der Waals surface area contributed by atoms with E-state index in [1.165, 1.54) is 0 Å². The molecule has 3 N–H and O–H groups in total. The molecule has 0 fully saturated rings. The van der Waals surface area contributed by atoms with Gasteiger partial charge in [-0.2, -0.15) is 10.1 Å². The summed E-state index contributed by atoms with van der Waals surface area (Å²) < 4.78 is 5.21. The Kier molecular flexibility index (Phi) is 3.80. The Morgan fingerprint density at radius 3 is 2.47 bits per heavy atom. The van der Waals surface area contributed by atoms with Crippen molar-refractivity contribution in [2.24, 2.45) is 11.7 Å². The number of aromatic nitrogens is 4. The molecule has 102 valence electrons. The van der Waals surface area contributed by atoms with Gasteiger partial charge in [-0.15, -0.1) is 0 Å². The molecule has 1 atom stereocenters. The van der Waals surface area contributed by atoms with Crippen LogP contribution < -0.4 is 10.5 Å². The van der Waals surface area contributed by atoms with Gasteiger partial charge in [0.1, 0.15) is 11.5 Å². The summed E-state index contributed by atoms with van der Waals surface area (Å²) in [6.45, 7) is 6.01. The molecule has 0 aliphatic rings. The summed E-state index contributed by atoms with van der Waals surface area (Å²) in [6, 6.07) is 3.45. The highest BCUT2D eigenvalue weighted by Gasteiger charge is 2.17. The summed E-state index contributed by atoms with van der Waals surface area (Å²) in [6.07, 6.45) is 0. The maximum Gasteiger partial charge on any atom is 0.217 e. The maximum atomic E-state index is 6.10. The topological polar surface area (TPSA) is 89.7 Å². The van der Waals surface area contributed by atoms with E-state index in [9.17, 15) is 0 Å². The van der Waals surface area contributed by atoms with E-state index in [0.29, 0.717) is 17.4 Å². The summed E-state index contributed by atoms with van der Waals surface area (Å²) in [5.74, 6) is 1.32. The zero-order valence-electron chi connectivity index (χ0n) is 11.6. The summed E-state index contributed by atoms with van der Waals surface area (Å²) in [4.78, 5) is 8.80. The zero-order valence-corrected chi connectivity index (χ0v) is 11.6. The van der Waals surface area contributed by atoms with Crippen molar-refractivity contribution in [3.8, 4) is 17.3 Å². The average molecular weight is 261 g/mol. The number of nitrogens with one attached hydrogen (secondary N) is 1. The van der Waals surface area contributed by atoms with Gasteiger partial charge < -0.3 is 10.5 Å². The molecule has 19 heavy (non-hydrogen) atoms. The fraction of sp³-hybridized carbons (Fsp3) is 0.462. The third-order valence-corrected chi connectivity index (χ3v) is 2.91. The van der Waals surface area contributed by atoms with Gasteiger partial charge in [-0.05, 0) is 18.9 Å². The van der Waals surface area contributed by atoms with Gasteiger partial charge in [0.15, 0.2) is 0 Å². The second-order valence-corrected chi connectivity index (χ2v) is 4.86. The Labute approximate surface area is 112 Å². The van der Waals surface area contributed by atoms with E-state index < -0.39 is 0 Å². The Morgan fingerprint density at radius 1 is 1.21 bits per heavy atom. The fourth-order valence-electron chi connectivity index (χ4n) is 1.68. The Morgan fingerprint density at radius 2 is 1.95 bits per heavy atom. The highest BCUT2D eigenvalue weighted by Crippen LogP contribution is 2.23. The molecule has 2 aromatic rings. The second-order valence-electron chi connectivity index (χ2n) is 4.86. The van der Waals surface area contributed by atoms with Crippen molar-refractivity contribution in [3.63, 3.8) is 0 Å². The Balaban J connectivity index is 2.47. The summed E-state index contributed by atoms with van der Waals surface area (Å²) in [7, 11) is 1.58. The van der Waals surface area contributed by atoms with E-state index in [1.807, 2.05) is 26.8 Å². The highest BCUT2D eigenvalue weighted by atomic mass is 16.5. The van der Waals surface area contributed by atoms with E-state index in [1.54, 1.807) is 13.2 Å². The van der Waals surface area contributed by atoms with Gasteiger partial charge in [-0.1, -0.05) is 13.8 Å².